The van der Waals surface area contributed by atoms with Crippen LogP contribution in [0.4, 0.5) is 4.39 Å². The van der Waals surface area contributed by atoms with Crippen molar-refractivity contribution in [2.24, 2.45) is 5.16 Å². The van der Waals surface area contributed by atoms with Gasteiger partial charge in [-0.15, -0.1) is 0 Å². The van der Waals surface area contributed by atoms with Gasteiger partial charge in [0.05, 0.1) is 12.0 Å². The van der Waals surface area contributed by atoms with Gasteiger partial charge in [-0.1, -0.05) is 17.3 Å². The number of fused-ring (bicyclic) bond motifs is 1. The van der Waals surface area contributed by atoms with Crippen LogP contribution in [0, 0.1) is 5.82 Å². The number of halogens is 1. The predicted octanol–water partition coefficient (Wildman–Crippen LogP) is 2.23. The van der Waals surface area contributed by atoms with Crippen molar-refractivity contribution in [1.29, 1.82) is 0 Å². The van der Waals surface area contributed by atoms with Crippen LogP contribution >= 0.6 is 0 Å². The molecule has 0 bridgehead atoms. The lowest BCUT2D eigenvalue weighted by molar-refractivity contribution is -0.00221. The van der Waals surface area contributed by atoms with Crippen LogP contribution in [-0.4, -0.2) is 17.9 Å². The summed E-state index contributed by atoms with van der Waals surface area (Å²) in [6, 6.07) is 6.22. The lowest BCUT2D eigenvalue weighted by atomic mass is 10.0. The summed E-state index contributed by atoms with van der Waals surface area (Å²) in [4.78, 5) is 5.28. The Labute approximate surface area is 92.2 Å². The van der Waals surface area contributed by atoms with Crippen molar-refractivity contribution in [3.8, 4) is 0 Å². The van der Waals surface area contributed by atoms with Crippen LogP contribution in [0.5, 0.6) is 0 Å². The molecule has 1 aromatic rings. The fourth-order valence-electron chi connectivity index (χ4n) is 1.86. The Hall–Kier alpha value is -1.84. The van der Waals surface area contributed by atoms with Crippen molar-refractivity contribution in [2.75, 3.05) is 0 Å². The summed E-state index contributed by atoms with van der Waals surface area (Å²) in [5.74, 6) is -0.252. The Kier molecular flexibility index (Phi) is 2.13. The average molecular weight is 219 g/mol. The summed E-state index contributed by atoms with van der Waals surface area (Å²) in [5, 5.41) is 4.03. The Morgan fingerprint density at radius 1 is 1.25 bits per heavy atom. The SMILES string of the molecule is Fc1ccc(C2=NOC3C=COC3C2)cc1. The van der Waals surface area contributed by atoms with E-state index in [-0.39, 0.29) is 18.0 Å². The largest absolute Gasteiger partial charge is 0.493 e. The third kappa shape index (κ3) is 1.56. The number of oxime groups is 1. The quantitative estimate of drug-likeness (QED) is 0.725. The highest BCUT2D eigenvalue weighted by molar-refractivity contribution is 6.00. The van der Waals surface area contributed by atoms with E-state index in [1.165, 1.54) is 12.1 Å². The summed E-state index contributed by atoms with van der Waals surface area (Å²) in [5.41, 5.74) is 1.67. The normalized spacial score (nSPS) is 26.7. The summed E-state index contributed by atoms with van der Waals surface area (Å²) in [6.45, 7) is 0. The van der Waals surface area contributed by atoms with Crippen LogP contribution in [0.3, 0.4) is 0 Å². The second-order valence-electron chi connectivity index (χ2n) is 3.82. The minimum atomic E-state index is -0.252. The average Bonchev–Trinajstić information content (AvgIpc) is 2.77. The van der Waals surface area contributed by atoms with E-state index in [9.17, 15) is 4.39 Å². The van der Waals surface area contributed by atoms with Gasteiger partial charge < -0.3 is 9.57 Å². The molecule has 2 aliphatic heterocycles. The molecule has 3 rings (SSSR count). The van der Waals surface area contributed by atoms with Gasteiger partial charge in [-0.25, -0.2) is 4.39 Å². The van der Waals surface area contributed by atoms with E-state index in [2.05, 4.69) is 5.16 Å². The smallest absolute Gasteiger partial charge is 0.185 e. The summed E-state index contributed by atoms with van der Waals surface area (Å²) < 4.78 is 18.1. The lowest BCUT2D eigenvalue weighted by Gasteiger charge is -2.23. The van der Waals surface area contributed by atoms with Crippen molar-refractivity contribution in [3.05, 3.63) is 48.0 Å². The fraction of sp³-hybridized carbons (Fsp3) is 0.250. The van der Waals surface area contributed by atoms with Crippen LogP contribution in [0.2, 0.25) is 0 Å². The molecule has 0 aromatic heterocycles. The van der Waals surface area contributed by atoms with Crippen molar-refractivity contribution in [2.45, 2.75) is 18.6 Å². The predicted molar refractivity (Wildman–Crippen MR) is 56.4 cm³/mol. The maximum Gasteiger partial charge on any atom is 0.185 e. The Morgan fingerprint density at radius 3 is 2.88 bits per heavy atom. The van der Waals surface area contributed by atoms with E-state index in [1.54, 1.807) is 18.4 Å². The number of hydrogen-bond donors (Lipinski definition) is 0. The Bertz CT molecular complexity index is 453. The van der Waals surface area contributed by atoms with Crippen LogP contribution in [0.1, 0.15) is 12.0 Å². The van der Waals surface area contributed by atoms with E-state index in [0.717, 1.165) is 11.3 Å². The topological polar surface area (TPSA) is 30.8 Å². The first kappa shape index (κ1) is 9.39. The van der Waals surface area contributed by atoms with Gasteiger partial charge in [-0.2, -0.15) is 0 Å². The minimum absolute atomic E-state index is 0.00227. The molecule has 3 nitrogen and oxygen atoms in total. The lowest BCUT2D eigenvalue weighted by Crippen LogP contribution is -2.31. The number of rotatable bonds is 1. The molecule has 0 spiro atoms. The zero-order chi connectivity index (χ0) is 11.0. The maximum absolute atomic E-state index is 12.8. The van der Waals surface area contributed by atoms with Crippen LogP contribution in [0.25, 0.3) is 0 Å². The highest BCUT2D eigenvalue weighted by atomic mass is 19.1. The Morgan fingerprint density at radius 2 is 2.06 bits per heavy atom. The van der Waals surface area contributed by atoms with Gasteiger partial charge in [0.1, 0.15) is 11.9 Å². The standard InChI is InChI=1S/C12H10FNO2/c13-9-3-1-8(2-4-9)10-7-12-11(16-14-10)5-6-15-12/h1-6,11-12H,7H2. The van der Waals surface area contributed by atoms with E-state index >= 15 is 0 Å². The fourth-order valence-corrected chi connectivity index (χ4v) is 1.86. The van der Waals surface area contributed by atoms with Gasteiger partial charge >= 0.3 is 0 Å². The highest BCUT2D eigenvalue weighted by Crippen LogP contribution is 2.24. The van der Waals surface area contributed by atoms with Gasteiger partial charge in [-0.05, 0) is 23.8 Å². The molecule has 4 heteroatoms. The summed E-state index contributed by atoms with van der Waals surface area (Å²) in [7, 11) is 0. The first-order chi connectivity index (χ1) is 7.83. The number of hydrogen-bond acceptors (Lipinski definition) is 3. The second kappa shape index (κ2) is 3.63. The van der Waals surface area contributed by atoms with Gasteiger partial charge in [0.25, 0.3) is 0 Å². The van der Waals surface area contributed by atoms with Gasteiger partial charge in [0.15, 0.2) is 6.10 Å². The third-order valence-corrected chi connectivity index (χ3v) is 2.74. The highest BCUT2D eigenvalue weighted by Gasteiger charge is 2.32. The van der Waals surface area contributed by atoms with Gasteiger partial charge in [0.2, 0.25) is 0 Å². The molecule has 0 fully saturated rings. The molecule has 0 saturated heterocycles. The van der Waals surface area contributed by atoms with Crippen LogP contribution in [0.15, 0.2) is 41.8 Å². The molecule has 82 valence electrons. The van der Waals surface area contributed by atoms with Crippen molar-refractivity contribution in [1.82, 2.24) is 0 Å². The van der Waals surface area contributed by atoms with E-state index in [1.807, 2.05) is 6.08 Å². The first-order valence-corrected chi connectivity index (χ1v) is 5.14. The molecule has 16 heavy (non-hydrogen) atoms. The molecule has 0 radical (unpaired) electrons. The van der Waals surface area contributed by atoms with Gasteiger partial charge in [-0.3, -0.25) is 0 Å². The molecule has 2 aliphatic rings. The van der Waals surface area contributed by atoms with E-state index in [4.69, 9.17) is 9.57 Å². The molecule has 2 unspecified atom stereocenters. The zero-order valence-corrected chi connectivity index (χ0v) is 8.47. The first-order valence-electron chi connectivity index (χ1n) is 5.14. The van der Waals surface area contributed by atoms with Crippen LogP contribution < -0.4 is 0 Å². The van der Waals surface area contributed by atoms with Crippen molar-refractivity contribution >= 4 is 5.71 Å². The molecule has 2 heterocycles. The molecule has 0 aliphatic carbocycles. The number of benzene rings is 1. The molecule has 0 saturated carbocycles. The summed E-state index contributed by atoms with van der Waals surface area (Å²) in [6.07, 6.45) is 4.08. The Balaban J connectivity index is 1.84. The summed E-state index contributed by atoms with van der Waals surface area (Å²) >= 11 is 0. The minimum Gasteiger partial charge on any atom is -0.493 e. The number of ether oxygens (including phenoxy) is 1. The molecule has 2 atom stereocenters. The van der Waals surface area contributed by atoms with E-state index < -0.39 is 0 Å². The van der Waals surface area contributed by atoms with Gasteiger partial charge in [0, 0.05) is 6.42 Å². The monoisotopic (exact) mass is 219 g/mol. The molecular weight excluding hydrogens is 209 g/mol. The third-order valence-electron chi connectivity index (χ3n) is 2.74. The molecular formula is C12H10FNO2. The maximum atomic E-state index is 12.8. The van der Waals surface area contributed by atoms with E-state index in [0.29, 0.717) is 6.42 Å². The van der Waals surface area contributed by atoms with Crippen molar-refractivity contribution < 1.29 is 14.0 Å². The molecule has 0 N–H and O–H groups in total. The molecule has 1 aromatic carbocycles. The zero-order valence-electron chi connectivity index (χ0n) is 8.47. The second-order valence-corrected chi connectivity index (χ2v) is 3.82. The van der Waals surface area contributed by atoms with Crippen molar-refractivity contribution in [3.63, 3.8) is 0 Å². The van der Waals surface area contributed by atoms with Crippen LogP contribution in [-0.2, 0) is 9.57 Å². The molecule has 0 amide bonds. The number of nitrogens with zero attached hydrogens (tertiary/aromatic N) is 1.